The summed E-state index contributed by atoms with van der Waals surface area (Å²) in [7, 11) is 0. The quantitative estimate of drug-likeness (QED) is 0.157. The number of pyridine rings is 1. The molecule has 5 nitrogen and oxygen atoms in total. The van der Waals surface area contributed by atoms with Gasteiger partial charge < -0.3 is 13.4 Å². The standard InChI is InChI=1S/C45H36N3O2.Ir/c1-26(2)34-23-32(29-11-7-6-8-12-29)24-35(27(3)4)43(34)48-40-14-10-9-13-39(40)47-44(48)38-25-49-41-19-16-30(22-37(38)41)31-17-20-42-36(21-31)33-18-15-28(5)46-45(33)50-42;/h6-24,26-27H,1-5H3;/q-1;. The summed E-state index contributed by atoms with van der Waals surface area (Å²) >= 11 is 0. The van der Waals surface area contributed by atoms with Crippen LogP contribution in [0.4, 0.5) is 0 Å². The maximum Gasteiger partial charge on any atom is 0.227 e. The van der Waals surface area contributed by atoms with Crippen LogP contribution in [0.25, 0.3) is 83.4 Å². The van der Waals surface area contributed by atoms with E-state index in [4.69, 9.17) is 13.8 Å². The van der Waals surface area contributed by atoms with Gasteiger partial charge in [-0.15, -0.1) is 0 Å². The SMILES string of the molecule is Cc1ccc2c(n1)oc1ccc(-c3ccc4o[c-]c(-c5nc6ccccc6n5-c5c(C(C)C)cc(-c6ccccc6)cc5C(C)C)c4c3)cc12.[Ir]. The number of furan rings is 2. The van der Waals surface area contributed by atoms with E-state index in [2.05, 4.69) is 141 Å². The summed E-state index contributed by atoms with van der Waals surface area (Å²) in [6.45, 7) is 11.1. The molecule has 9 aromatic rings. The van der Waals surface area contributed by atoms with Gasteiger partial charge in [0, 0.05) is 54.1 Å². The van der Waals surface area contributed by atoms with Gasteiger partial charge in [-0.2, -0.15) is 0 Å². The van der Waals surface area contributed by atoms with Gasteiger partial charge in [0.2, 0.25) is 5.71 Å². The molecule has 0 amide bonds. The average Bonchev–Trinajstić information content (AvgIpc) is 3.83. The van der Waals surface area contributed by atoms with Crippen molar-refractivity contribution in [2.75, 3.05) is 0 Å². The van der Waals surface area contributed by atoms with Crippen molar-refractivity contribution in [2.45, 2.75) is 46.5 Å². The molecule has 0 saturated carbocycles. The van der Waals surface area contributed by atoms with Crippen LogP contribution in [0, 0.1) is 13.2 Å². The van der Waals surface area contributed by atoms with Crippen LogP contribution in [0.15, 0.2) is 124 Å². The summed E-state index contributed by atoms with van der Waals surface area (Å²) in [5.74, 6) is 1.35. The van der Waals surface area contributed by atoms with E-state index in [1.165, 1.54) is 27.9 Å². The molecule has 9 rings (SSSR count). The Bertz CT molecular complexity index is 2700. The average molecular weight is 843 g/mol. The molecule has 0 aliphatic heterocycles. The first kappa shape index (κ1) is 32.9. The van der Waals surface area contributed by atoms with Crippen LogP contribution in [0.1, 0.15) is 56.4 Å². The predicted octanol–water partition coefficient (Wildman–Crippen LogP) is 12.4. The molecule has 5 aromatic carbocycles. The van der Waals surface area contributed by atoms with E-state index < -0.39 is 0 Å². The normalized spacial score (nSPS) is 11.8. The predicted molar refractivity (Wildman–Crippen MR) is 204 cm³/mol. The number of imidazole rings is 1. The van der Waals surface area contributed by atoms with E-state index >= 15 is 0 Å². The molecule has 4 aromatic heterocycles. The van der Waals surface area contributed by atoms with Gasteiger partial charge in [0.15, 0.2) is 0 Å². The van der Waals surface area contributed by atoms with E-state index in [-0.39, 0.29) is 31.9 Å². The van der Waals surface area contributed by atoms with Gasteiger partial charge >= 0.3 is 0 Å². The van der Waals surface area contributed by atoms with Crippen molar-refractivity contribution in [3.8, 4) is 39.3 Å². The van der Waals surface area contributed by atoms with Gasteiger partial charge in [0.1, 0.15) is 5.58 Å². The number of para-hydroxylation sites is 2. The van der Waals surface area contributed by atoms with Crippen molar-refractivity contribution < 1.29 is 28.9 Å². The Morgan fingerprint density at radius 1 is 0.608 bits per heavy atom. The summed E-state index contributed by atoms with van der Waals surface area (Å²) < 4.78 is 14.6. The second-order valence-electron chi connectivity index (χ2n) is 13.8. The third-order valence-corrected chi connectivity index (χ3v) is 9.85. The Balaban J connectivity index is 0.00000374. The zero-order valence-electron chi connectivity index (χ0n) is 29.1. The number of aryl methyl sites for hydroxylation is 1. The van der Waals surface area contributed by atoms with Crippen molar-refractivity contribution in [1.29, 1.82) is 0 Å². The maximum atomic E-state index is 6.14. The summed E-state index contributed by atoms with van der Waals surface area (Å²) in [6.07, 6.45) is 3.29. The number of hydrogen-bond acceptors (Lipinski definition) is 4. The van der Waals surface area contributed by atoms with E-state index in [1.807, 2.05) is 25.1 Å². The van der Waals surface area contributed by atoms with Crippen LogP contribution < -0.4 is 0 Å². The minimum atomic E-state index is 0. The minimum Gasteiger partial charge on any atom is -0.557 e. The Hall–Kier alpha value is -5.29. The van der Waals surface area contributed by atoms with Crippen LogP contribution >= 0.6 is 0 Å². The molecule has 0 fully saturated rings. The third-order valence-electron chi connectivity index (χ3n) is 9.85. The van der Waals surface area contributed by atoms with Gasteiger partial charge in [-0.3, -0.25) is 4.98 Å². The van der Waals surface area contributed by atoms with Crippen LogP contribution in [-0.4, -0.2) is 14.5 Å². The molecule has 0 saturated heterocycles. The monoisotopic (exact) mass is 843 g/mol. The van der Waals surface area contributed by atoms with E-state index in [0.717, 1.165) is 66.6 Å². The van der Waals surface area contributed by atoms with Gasteiger partial charge in [-0.25, -0.2) is 4.98 Å². The second kappa shape index (κ2) is 12.8. The molecule has 51 heavy (non-hydrogen) atoms. The second-order valence-corrected chi connectivity index (χ2v) is 13.8. The van der Waals surface area contributed by atoms with E-state index in [1.54, 1.807) is 0 Å². The van der Waals surface area contributed by atoms with Crippen molar-refractivity contribution in [2.24, 2.45) is 0 Å². The minimum absolute atomic E-state index is 0. The Morgan fingerprint density at radius 2 is 1.27 bits per heavy atom. The van der Waals surface area contributed by atoms with Gasteiger partial charge in [-0.05, 0) is 101 Å². The van der Waals surface area contributed by atoms with Crippen molar-refractivity contribution in [3.63, 3.8) is 0 Å². The first-order chi connectivity index (χ1) is 24.3. The molecule has 1 radical (unpaired) electrons. The topological polar surface area (TPSA) is 57.0 Å². The summed E-state index contributed by atoms with van der Waals surface area (Å²) in [5.41, 5.74) is 14.4. The van der Waals surface area contributed by atoms with E-state index in [9.17, 15) is 0 Å². The molecular formula is C45H36IrN3O2-. The molecule has 6 heteroatoms. The Labute approximate surface area is 310 Å². The number of aromatic nitrogens is 3. The molecule has 0 aliphatic carbocycles. The van der Waals surface area contributed by atoms with Crippen LogP contribution in [0.5, 0.6) is 0 Å². The summed E-state index contributed by atoms with van der Waals surface area (Å²) in [5, 5.41) is 3.03. The van der Waals surface area contributed by atoms with Crippen LogP contribution in [0.3, 0.4) is 0 Å². The summed E-state index contributed by atoms with van der Waals surface area (Å²) in [4.78, 5) is 9.90. The zero-order valence-corrected chi connectivity index (χ0v) is 31.5. The number of benzene rings is 5. The maximum absolute atomic E-state index is 6.14. The number of rotatable bonds is 6. The van der Waals surface area contributed by atoms with E-state index in [0.29, 0.717) is 5.71 Å². The van der Waals surface area contributed by atoms with Crippen LogP contribution in [0.2, 0.25) is 0 Å². The van der Waals surface area contributed by atoms with Gasteiger partial charge in [-0.1, -0.05) is 105 Å². The first-order valence-electron chi connectivity index (χ1n) is 17.3. The zero-order chi connectivity index (χ0) is 34.1. The molecule has 253 valence electrons. The molecule has 0 bridgehead atoms. The Morgan fingerprint density at radius 3 is 2.00 bits per heavy atom. The number of hydrogen-bond donors (Lipinski definition) is 0. The fourth-order valence-electron chi connectivity index (χ4n) is 7.29. The fraction of sp³-hybridized carbons (Fsp3) is 0.156. The molecular weight excluding hydrogens is 807 g/mol. The molecule has 4 heterocycles. The largest absolute Gasteiger partial charge is 0.557 e. The molecule has 0 spiro atoms. The fourth-order valence-corrected chi connectivity index (χ4v) is 7.29. The Kier molecular flexibility index (Phi) is 8.25. The van der Waals surface area contributed by atoms with Crippen molar-refractivity contribution in [1.82, 2.24) is 14.5 Å². The summed E-state index contributed by atoms with van der Waals surface area (Å²) in [6, 6.07) is 40.6. The van der Waals surface area contributed by atoms with Crippen molar-refractivity contribution in [3.05, 3.63) is 138 Å². The van der Waals surface area contributed by atoms with Crippen molar-refractivity contribution >= 4 is 44.1 Å². The molecule has 0 unspecified atom stereocenters. The number of fused-ring (bicyclic) bond motifs is 5. The third kappa shape index (κ3) is 5.51. The smallest absolute Gasteiger partial charge is 0.227 e. The first-order valence-corrected chi connectivity index (χ1v) is 17.3. The number of nitrogens with zero attached hydrogens (tertiary/aromatic N) is 3. The van der Waals surface area contributed by atoms with Gasteiger partial charge in [0.05, 0.1) is 16.9 Å². The van der Waals surface area contributed by atoms with Gasteiger partial charge in [0.25, 0.3) is 0 Å². The molecule has 0 N–H and O–H groups in total. The van der Waals surface area contributed by atoms with Crippen LogP contribution in [-0.2, 0) is 20.1 Å². The molecule has 0 aliphatic rings. The molecule has 0 atom stereocenters.